The number of nitrogens with zero attached hydrogens (tertiary/aromatic N) is 3. The predicted molar refractivity (Wildman–Crippen MR) is 92.6 cm³/mol. The van der Waals surface area contributed by atoms with E-state index in [1.54, 1.807) is 18.3 Å². The zero-order valence-electron chi connectivity index (χ0n) is 14.0. The Morgan fingerprint density at radius 1 is 1.17 bits per heavy atom. The fraction of sp³-hybridized carbons (Fsp3) is 0.222. The lowest BCUT2D eigenvalue weighted by Gasteiger charge is -2.12. The number of hydrogen-bond acceptors (Lipinski definition) is 4. The number of rotatable bonds is 2. The van der Waals surface area contributed by atoms with Gasteiger partial charge in [-0.05, 0) is 57.0 Å². The summed E-state index contributed by atoms with van der Waals surface area (Å²) in [6, 6.07) is 5.48. The standard InChI is InChI=1S/C18H18N4O2/c1-10-5-6-22-15(7-10)19-9-14(18(22)24)17(23)21-16-11(2)8-12(3)20-13(16)4/h5-9H,1-4H3,(H,21,23). The van der Waals surface area contributed by atoms with Crippen molar-refractivity contribution >= 4 is 17.2 Å². The summed E-state index contributed by atoms with van der Waals surface area (Å²) in [5.74, 6) is -0.487. The van der Waals surface area contributed by atoms with Crippen LogP contribution in [0, 0.1) is 27.7 Å². The van der Waals surface area contributed by atoms with E-state index in [4.69, 9.17) is 0 Å². The van der Waals surface area contributed by atoms with E-state index in [1.807, 2.05) is 33.8 Å². The second-order valence-electron chi connectivity index (χ2n) is 5.90. The maximum absolute atomic E-state index is 12.5. The number of fused-ring (bicyclic) bond motifs is 1. The molecule has 6 heteroatoms. The van der Waals surface area contributed by atoms with Crippen LogP contribution in [0.25, 0.3) is 5.65 Å². The molecule has 0 aromatic carbocycles. The van der Waals surface area contributed by atoms with Crippen LogP contribution in [0.1, 0.15) is 32.9 Å². The van der Waals surface area contributed by atoms with E-state index in [9.17, 15) is 9.59 Å². The highest BCUT2D eigenvalue weighted by atomic mass is 16.2. The highest BCUT2D eigenvalue weighted by molar-refractivity contribution is 6.04. The Balaban J connectivity index is 2.02. The van der Waals surface area contributed by atoms with Crippen molar-refractivity contribution in [2.45, 2.75) is 27.7 Å². The van der Waals surface area contributed by atoms with Gasteiger partial charge < -0.3 is 5.32 Å². The van der Waals surface area contributed by atoms with Crippen molar-refractivity contribution in [2.24, 2.45) is 0 Å². The number of carbonyl (C=O) groups is 1. The molecule has 3 aromatic heterocycles. The summed E-state index contributed by atoms with van der Waals surface area (Å²) in [4.78, 5) is 33.6. The molecule has 3 rings (SSSR count). The van der Waals surface area contributed by atoms with Crippen LogP contribution in [0.15, 0.2) is 35.4 Å². The Labute approximate surface area is 139 Å². The maximum Gasteiger partial charge on any atom is 0.270 e. The first kappa shape index (κ1) is 15.9. The first-order chi connectivity index (χ1) is 11.4. The zero-order valence-corrected chi connectivity index (χ0v) is 14.0. The topological polar surface area (TPSA) is 76.4 Å². The predicted octanol–water partition coefficient (Wildman–Crippen LogP) is 2.58. The first-order valence-corrected chi connectivity index (χ1v) is 7.61. The first-order valence-electron chi connectivity index (χ1n) is 7.61. The van der Waals surface area contributed by atoms with Gasteiger partial charge in [0.05, 0.1) is 11.4 Å². The number of carbonyl (C=O) groups excluding carboxylic acids is 1. The van der Waals surface area contributed by atoms with Gasteiger partial charge in [-0.2, -0.15) is 0 Å². The van der Waals surface area contributed by atoms with Gasteiger partial charge in [-0.25, -0.2) is 4.98 Å². The lowest BCUT2D eigenvalue weighted by molar-refractivity contribution is 0.102. The van der Waals surface area contributed by atoms with Gasteiger partial charge in [0.2, 0.25) is 0 Å². The molecule has 0 aliphatic heterocycles. The van der Waals surface area contributed by atoms with E-state index in [2.05, 4.69) is 15.3 Å². The molecule has 24 heavy (non-hydrogen) atoms. The molecule has 0 bridgehead atoms. The van der Waals surface area contributed by atoms with Crippen molar-refractivity contribution in [1.82, 2.24) is 14.4 Å². The third kappa shape index (κ3) is 2.78. The highest BCUT2D eigenvalue weighted by Crippen LogP contribution is 2.19. The molecule has 0 aliphatic rings. The minimum absolute atomic E-state index is 0.00396. The van der Waals surface area contributed by atoms with Crippen molar-refractivity contribution in [1.29, 1.82) is 0 Å². The highest BCUT2D eigenvalue weighted by Gasteiger charge is 2.16. The van der Waals surface area contributed by atoms with Gasteiger partial charge >= 0.3 is 0 Å². The average Bonchev–Trinajstić information content (AvgIpc) is 2.50. The Bertz CT molecular complexity index is 998. The minimum atomic E-state index is -0.487. The number of hydrogen-bond donors (Lipinski definition) is 1. The largest absolute Gasteiger partial charge is 0.320 e. The van der Waals surface area contributed by atoms with Crippen LogP contribution >= 0.6 is 0 Å². The SMILES string of the molecule is Cc1ccn2c(=O)c(C(=O)Nc3c(C)cc(C)nc3C)cnc2c1. The van der Waals surface area contributed by atoms with E-state index in [1.165, 1.54) is 10.6 Å². The molecule has 1 amide bonds. The van der Waals surface area contributed by atoms with E-state index < -0.39 is 11.5 Å². The summed E-state index contributed by atoms with van der Waals surface area (Å²) < 4.78 is 1.37. The number of aromatic nitrogens is 3. The van der Waals surface area contributed by atoms with Gasteiger partial charge in [-0.1, -0.05) is 0 Å². The second-order valence-corrected chi connectivity index (χ2v) is 5.90. The molecule has 0 unspecified atom stereocenters. The molecule has 3 aromatic rings. The smallest absolute Gasteiger partial charge is 0.270 e. The summed E-state index contributed by atoms with van der Waals surface area (Å²) in [6.07, 6.45) is 2.94. The molecule has 3 heterocycles. The number of pyridine rings is 2. The lowest BCUT2D eigenvalue weighted by atomic mass is 10.1. The molecule has 1 N–H and O–H groups in total. The average molecular weight is 322 g/mol. The van der Waals surface area contributed by atoms with Crippen LogP contribution in [0.4, 0.5) is 5.69 Å². The molecule has 0 saturated heterocycles. The molecule has 0 spiro atoms. The van der Waals surface area contributed by atoms with Crippen molar-refractivity contribution in [3.63, 3.8) is 0 Å². The van der Waals surface area contributed by atoms with Gasteiger partial charge in [0.15, 0.2) is 0 Å². The van der Waals surface area contributed by atoms with E-state index >= 15 is 0 Å². The second kappa shape index (κ2) is 5.88. The van der Waals surface area contributed by atoms with Crippen LogP contribution < -0.4 is 10.9 Å². The number of amides is 1. The number of anilines is 1. The quantitative estimate of drug-likeness (QED) is 0.787. The van der Waals surface area contributed by atoms with E-state index in [0.29, 0.717) is 17.0 Å². The van der Waals surface area contributed by atoms with Gasteiger partial charge in [0.1, 0.15) is 11.2 Å². The van der Waals surface area contributed by atoms with Crippen LogP contribution in [-0.2, 0) is 0 Å². The van der Waals surface area contributed by atoms with Crippen molar-refractivity contribution in [3.8, 4) is 0 Å². The van der Waals surface area contributed by atoms with Crippen LogP contribution in [0.5, 0.6) is 0 Å². The summed E-state index contributed by atoms with van der Waals surface area (Å²) in [7, 11) is 0. The summed E-state index contributed by atoms with van der Waals surface area (Å²) >= 11 is 0. The molecular weight excluding hydrogens is 304 g/mol. The molecule has 0 fully saturated rings. The summed E-state index contributed by atoms with van der Waals surface area (Å²) in [5, 5.41) is 2.78. The van der Waals surface area contributed by atoms with Crippen LogP contribution in [0.3, 0.4) is 0 Å². The molecular formula is C18H18N4O2. The summed E-state index contributed by atoms with van der Waals surface area (Å²) in [5.41, 5.74) is 4.23. The third-order valence-electron chi connectivity index (χ3n) is 3.87. The Morgan fingerprint density at radius 3 is 2.62 bits per heavy atom. The van der Waals surface area contributed by atoms with Crippen molar-refractivity contribution < 1.29 is 4.79 Å². The van der Waals surface area contributed by atoms with Gasteiger partial charge in [0.25, 0.3) is 11.5 Å². The lowest BCUT2D eigenvalue weighted by Crippen LogP contribution is -2.27. The fourth-order valence-electron chi connectivity index (χ4n) is 2.73. The van der Waals surface area contributed by atoms with Crippen molar-refractivity contribution in [3.05, 3.63) is 69.0 Å². The van der Waals surface area contributed by atoms with Crippen LogP contribution in [0.2, 0.25) is 0 Å². The molecule has 0 saturated carbocycles. The third-order valence-corrected chi connectivity index (χ3v) is 3.87. The number of nitrogens with one attached hydrogen (secondary N) is 1. The summed E-state index contributed by atoms with van der Waals surface area (Å²) in [6.45, 7) is 7.53. The monoisotopic (exact) mass is 322 g/mol. The van der Waals surface area contributed by atoms with Crippen LogP contribution in [-0.4, -0.2) is 20.3 Å². The van der Waals surface area contributed by atoms with E-state index in [-0.39, 0.29) is 5.56 Å². The van der Waals surface area contributed by atoms with Gasteiger partial charge in [-0.3, -0.25) is 19.0 Å². The molecule has 0 aliphatic carbocycles. The number of aryl methyl sites for hydroxylation is 4. The molecule has 0 radical (unpaired) electrons. The van der Waals surface area contributed by atoms with Crippen molar-refractivity contribution in [2.75, 3.05) is 5.32 Å². The normalized spacial score (nSPS) is 10.8. The zero-order chi connectivity index (χ0) is 17.4. The molecule has 122 valence electrons. The van der Waals surface area contributed by atoms with E-state index in [0.717, 1.165) is 16.8 Å². The Kier molecular flexibility index (Phi) is 3.89. The van der Waals surface area contributed by atoms with Gasteiger partial charge in [0, 0.05) is 18.1 Å². The Hall–Kier alpha value is -3.02. The van der Waals surface area contributed by atoms with Gasteiger partial charge in [-0.15, -0.1) is 0 Å². The Morgan fingerprint density at radius 2 is 1.92 bits per heavy atom. The fourth-order valence-corrected chi connectivity index (χ4v) is 2.73. The maximum atomic E-state index is 12.5. The molecule has 0 atom stereocenters. The molecule has 6 nitrogen and oxygen atoms in total. The minimum Gasteiger partial charge on any atom is -0.320 e.